The van der Waals surface area contributed by atoms with E-state index in [4.69, 9.17) is 4.74 Å². The molecule has 2 N–H and O–H groups in total. The molecule has 0 spiro atoms. The zero-order valence-electron chi connectivity index (χ0n) is 9.24. The van der Waals surface area contributed by atoms with Crippen LogP contribution in [0.4, 0.5) is 0 Å². The largest absolute Gasteiger partial charge is 0.394 e. The number of ether oxygens (including phenoxy) is 1. The van der Waals surface area contributed by atoms with Crippen LogP contribution in [0.5, 0.6) is 0 Å². The molecule has 1 saturated heterocycles. The molecule has 17 heavy (non-hydrogen) atoms. The summed E-state index contributed by atoms with van der Waals surface area (Å²) in [4.78, 5) is 12.0. The van der Waals surface area contributed by atoms with Gasteiger partial charge in [0.25, 0.3) is 5.91 Å². The standard InChI is InChI=1S/C11H14BrNO3S/c12-9-5-8(6-17-9)10(15)13-11(7-14)1-3-16-4-2-11/h5-6,14H,1-4,7H2,(H,13,15). The third-order valence-corrected chi connectivity index (χ3v) is 4.47. The fraction of sp³-hybridized carbons (Fsp3) is 0.545. The van der Waals surface area contributed by atoms with Crippen LogP contribution in [0.2, 0.25) is 0 Å². The van der Waals surface area contributed by atoms with Gasteiger partial charge in [0.2, 0.25) is 0 Å². The number of thiophene rings is 1. The van der Waals surface area contributed by atoms with Crippen LogP contribution < -0.4 is 5.32 Å². The molecular formula is C11H14BrNO3S. The van der Waals surface area contributed by atoms with Gasteiger partial charge in [-0.2, -0.15) is 0 Å². The molecule has 1 aliphatic heterocycles. The first-order valence-corrected chi connectivity index (χ1v) is 7.08. The lowest BCUT2D eigenvalue weighted by Crippen LogP contribution is -2.54. The monoisotopic (exact) mass is 319 g/mol. The van der Waals surface area contributed by atoms with Gasteiger partial charge in [-0.05, 0) is 34.8 Å². The molecule has 4 nitrogen and oxygen atoms in total. The van der Waals surface area contributed by atoms with Crippen LogP contribution in [-0.2, 0) is 4.74 Å². The topological polar surface area (TPSA) is 58.6 Å². The van der Waals surface area contributed by atoms with E-state index in [0.29, 0.717) is 31.6 Å². The second kappa shape index (κ2) is 5.48. The van der Waals surface area contributed by atoms with Crippen LogP contribution in [0.1, 0.15) is 23.2 Å². The Bertz CT molecular complexity index is 401. The maximum Gasteiger partial charge on any atom is 0.252 e. The third-order valence-electron chi connectivity index (χ3n) is 2.96. The van der Waals surface area contributed by atoms with Crippen molar-refractivity contribution in [3.05, 3.63) is 20.8 Å². The van der Waals surface area contributed by atoms with Crippen molar-refractivity contribution in [2.24, 2.45) is 0 Å². The van der Waals surface area contributed by atoms with E-state index in [9.17, 15) is 9.90 Å². The minimum Gasteiger partial charge on any atom is -0.394 e. The van der Waals surface area contributed by atoms with Crippen molar-refractivity contribution in [2.45, 2.75) is 18.4 Å². The number of hydrogen-bond donors (Lipinski definition) is 2. The Kier molecular flexibility index (Phi) is 4.19. The number of hydrogen-bond acceptors (Lipinski definition) is 4. The maximum atomic E-state index is 12.0. The molecule has 0 aromatic carbocycles. The highest BCUT2D eigenvalue weighted by Gasteiger charge is 2.33. The van der Waals surface area contributed by atoms with Crippen LogP contribution in [0.3, 0.4) is 0 Å². The summed E-state index contributed by atoms with van der Waals surface area (Å²) in [5, 5.41) is 14.2. The lowest BCUT2D eigenvalue weighted by atomic mass is 9.90. The normalized spacial score (nSPS) is 18.9. The lowest BCUT2D eigenvalue weighted by molar-refractivity contribution is 0.0125. The van der Waals surface area contributed by atoms with Crippen LogP contribution in [0.15, 0.2) is 15.2 Å². The van der Waals surface area contributed by atoms with E-state index in [0.717, 1.165) is 3.79 Å². The highest BCUT2D eigenvalue weighted by molar-refractivity contribution is 9.11. The van der Waals surface area contributed by atoms with Crippen molar-refractivity contribution < 1.29 is 14.6 Å². The number of aliphatic hydroxyl groups excluding tert-OH is 1. The van der Waals surface area contributed by atoms with E-state index < -0.39 is 5.54 Å². The molecule has 6 heteroatoms. The minimum atomic E-state index is -0.524. The highest BCUT2D eigenvalue weighted by atomic mass is 79.9. The van der Waals surface area contributed by atoms with E-state index in [1.54, 1.807) is 11.4 Å². The molecular weight excluding hydrogens is 306 g/mol. The average Bonchev–Trinajstić information content (AvgIpc) is 2.77. The SMILES string of the molecule is O=C(NC1(CO)CCOCC1)c1csc(Br)c1. The van der Waals surface area contributed by atoms with Gasteiger partial charge in [-0.3, -0.25) is 4.79 Å². The zero-order chi connectivity index (χ0) is 12.3. The Balaban J connectivity index is 2.05. The second-order valence-corrected chi connectivity index (χ2v) is 6.43. The molecule has 0 atom stereocenters. The van der Waals surface area contributed by atoms with Crippen LogP contribution in [0.25, 0.3) is 0 Å². The minimum absolute atomic E-state index is 0.0482. The van der Waals surface area contributed by atoms with Gasteiger partial charge >= 0.3 is 0 Å². The molecule has 0 saturated carbocycles. The summed E-state index contributed by atoms with van der Waals surface area (Å²) >= 11 is 4.80. The predicted octanol–water partition coefficient (Wildman–Crippen LogP) is 1.78. The van der Waals surface area contributed by atoms with Crippen molar-refractivity contribution in [3.8, 4) is 0 Å². The van der Waals surface area contributed by atoms with Gasteiger partial charge in [0.1, 0.15) is 0 Å². The summed E-state index contributed by atoms with van der Waals surface area (Å²) in [5.74, 6) is -0.136. The number of carbonyl (C=O) groups is 1. The highest BCUT2D eigenvalue weighted by Crippen LogP contribution is 2.23. The van der Waals surface area contributed by atoms with Crippen molar-refractivity contribution in [2.75, 3.05) is 19.8 Å². The van der Waals surface area contributed by atoms with Crippen molar-refractivity contribution in [3.63, 3.8) is 0 Å². The number of amides is 1. The summed E-state index contributed by atoms with van der Waals surface area (Å²) in [5.41, 5.74) is 0.102. The van der Waals surface area contributed by atoms with Gasteiger partial charge < -0.3 is 15.2 Å². The van der Waals surface area contributed by atoms with Gasteiger partial charge in [-0.15, -0.1) is 11.3 Å². The summed E-state index contributed by atoms with van der Waals surface area (Å²) in [6.45, 7) is 1.11. The van der Waals surface area contributed by atoms with E-state index >= 15 is 0 Å². The average molecular weight is 320 g/mol. The maximum absolute atomic E-state index is 12.0. The molecule has 94 valence electrons. The van der Waals surface area contributed by atoms with Crippen molar-refractivity contribution in [1.29, 1.82) is 0 Å². The molecule has 1 aromatic heterocycles. The molecule has 2 heterocycles. The number of nitrogens with one attached hydrogen (secondary N) is 1. The molecule has 2 rings (SSSR count). The van der Waals surface area contributed by atoms with Crippen molar-refractivity contribution in [1.82, 2.24) is 5.32 Å². The molecule has 0 unspecified atom stereocenters. The van der Waals surface area contributed by atoms with Gasteiger partial charge in [0.05, 0.1) is 21.5 Å². The predicted molar refractivity (Wildman–Crippen MR) is 69.4 cm³/mol. The smallest absolute Gasteiger partial charge is 0.252 e. The Morgan fingerprint density at radius 2 is 2.29 bits per heavy atom. The Labute approximate surface area is 112 Å². The van der Waals surface area contributed by atoms with Gasteiger partial charge in [-0.25, -0.2) is 0 Å². The molecule has 1 aliphatic rings. The Hall–Kier alpha value is -0.430. The number of rotatable bonds is 3. The van der Waals surface area contributed by atoms with E-state index in [-0.39, 0.29) is 12.5 Å². The van der Waals surface area contributed by atoms with Gasteiger partial charge in [0, 0.05) is 18.6 Å². The lowest BCUT2D eigenvalue weighted by Gasteiger charge is -2.36. The third kappa shape index (κ3) is 3.07. The molecule has 0 radical (unpaired) electrons. The second-order valence-electron chi connectivity index (χ2n) is 4.14. The Morgan fingerprint density at radius 3 is 2.82 bits per heavy atom. The zero-order valence-corrected chi connectivity index (χ0v) is 11.6. The van der Waals surface area contributed by atoms with Crippen LogP contribution >= 0.6 is 27.3 Å². The summed E-state index contributed by atoms with van der Waals surface area (Å²) < 4.78 is 6.17. The number of aliphatic hydroxyl groups is 1. The van der Waals surface area contributed by atoms with Crippen LogP contribution in [0, 0.1) is 0 Å². The molecule has 0 bridgehead atoms. The Morgan fingerprint density at radius 1 is 1.59 bits per heavy atom. The molecule has 1 amide bonds. The number of carbonyl (C=O) groups excluding carboxylic acids is 1. The van der Waals surface area contributed by atoms with E-state index in [2.05, 4.69) is 21.2 Å². The molecule has 1 aromatic rings. The molecule has 1 fully saturated rings. The summed E-state index contributed by atoms with van der Waals surface area (Å²) in [6.07, 6.45) is 1.31. The summed E-state index contributed by atoms with van der Waals surface area (Å²) in [6, 6.07) is 1.78. The van der Waals surface area contributed by atoms with E-state index in [1.807, 2.05) is 0 Å². The summed E-state index contributed by atoms with van der Waals surface area (Å²) in [7, 11) is 0. The molecule has 0 aliphatic carbocycles. The van der Waals surface area contributed by atoms with Crippen LogP contribution in [-0.4, -0.2) is 36.4 Å². The fourth-order valence-corrected chi connectivity index (χ4v) is 2.96. The first-order valence-electron chi connectivity index (χ1n) is 5.40. The first kappa shape index (κ1) is 13.0. The van der Waals surface area contributed by atoms with Gasteiger partial charge in [0.15, 0.2) is 0 Å². The number of halogens is 1. The van der Waals surface area contributed by atoms with E-state index in [1.165, 1.54) is 11.3 Å². The first-order chi connectivity index (χ1) is 8.15. The van der Waals surface area contributed by atoms with Crippen molar-refractivity contribution >= 4 is 33.2 Å². The fourth-order valence-electron chi connectivity index (χ4n) is 1.83. The quantitative estimate of drug-likeness (QED) is 0.893. The van der Waals surface area contributed by atoms with Gasteiger partial charge in [-0.1, -0.05) is 0 Å².